The Morgan fingerprint density at radius 3 is 2.36 bits per heavy atom. The largest absolute Gasteiger partial charge is 0.542 e. The highest BCUT2D eigenvalue weighted by Crippen LogP contribution is 2.32. The minimum atomic E-state index is -0.845. The van der Waals surface area contributed by atoms with Gasteiger partial charge in [0.15, 0.2) is 0 Å². The molecule has 0 saturated heterocycles. The van der Waals surface area contributed by atoms with E-state index < -0.39 is 9.04 Å². The average molecular weight is 397 g/mol. The van der Waals surface area contributed by atoms with Gasteiger partial charge in [-0.3, -0.25) is 4.90 Å². The van der Waals surface area contributed by atoms with E-state index in [0.717, 1.165) is 30.0 Å². The summed E-state index contributed by atoms with van der Waals surface area (Å²) < 4.78 is 6.22. The molecule has 3 heteroatoms. The maximum Gasteiger partial charge on any atom is 0.274 e. The van der Waals surface area contributed by atoms with Crippen LogP contribution in [0.15, 0.2) is 36.9 Å². The van der Waals surface area contributed by atoms with Crippen LogP contribution in [0.3, 0.4) is 0 Å². The Morgan fingerprint density at radius 1 is 1.18 bits per heavy atom. The van der Waals surface area contributed by atoms with Crippen LogP contribution in [0.2, 0.25) is 13.1 Å². The van der Waals surface area contributed by atoms with Crippen molar-refractivity contribution in [1.29, 1.82) is 0 Å². The molecule has 1 aromatic rings. The molecule has 1 aromatic carbocycles. The number of nitrogens with zero attached hydrogens (tertiary/aromatic N) is 1. The number of hydrogen-bond donors (Lipinski definition) is 0. The first-order valence-corrected chi connectivity index (χ1v) is 12.4. The lowest BCUT2D eigenvalue weighted by atomic mass is 9.86. The van der Waals surface area contributed by atoms with Gasteiger partial charge in [0.05, 0.1) is 0 Å². The van der Waals surface area contributed by atoms with Crippen LogP contribution < -0.4 is 4.43 Å². The normalized spacial score (nSPS) is 12.4. The summed E-state index contributed by atoms with van der Waals surface area (Å²) in [5.74, 6) is 7.31. The fraction of sp³-hybridized carbons (Fsp3) is 0.520. The van der Waals surface area contributed by atoms with Gasteiger partial charge in [-0.15, -0.1) is 0 Å². The van der Waals surface area contributed by atoms with Crippen molar-refractivity contribution in [2.45, 2.75) is 60.1 Å². The van der Waals surface area contributed by atoms with E-state index in [9.17, 15) is 0 Å². The van der Waals surface area contributed by atoms with Gasteiger partial charge in [-0.25, -0.2) is 0 Å². The van der Waals surface area contributed by atoms with E-state index in [1.54, 1.807) is 0 Å². The molecule has 0 saturated carbocycles. The van der Waals surface area contributed by atoms with Gasteiger partial charge in [-0.2, -0.15) is 0 Å². The molecule has 0 spiro atoms. The lowest BCUT2D eigenvalue weighted by molar-refractivity contribution is 0.418. The molecule has 1 rings (SSSR count). The first-order valence-electron chi connectivity index (χ1n) is 9.96. The van der Waals surface area contributed by atoms with E-state index >= 15 is 0 Å². The second kappa shape index (κ2) is 10.1. The quantitative estimate of drug-likeness (QED) is 0.404. The number of hydrogen-bond acceptors (Lipinski definition) is 2. The molecule has 153 valence electrons. The molecule has 0 aliphatic carbocycles. The molecule has 0 aliphatic rings. The molecule has 1 radical (unpaired) electrons. The van der Waals surface area contributed by atoms with Gasteiger partial charge in [0.25, 0.3) is 9.04 Å². The maximum absolute atomic E-state index is 6.22. The van der Waals surface area contributed by atoms with Crippen molar-refractivity contribution in [1.82, 2.24) is 4.90 Å². The molecule has 0 N–H and O–H groups in total. The van der Waals surface area contributed by atoms with Crippen molar-refractivity contribution in [2.24, 2.45) is 5.41 Å². The van der Waals surface area contributed by atoms with Gasteiger partial charge in [0, 0.05) is 24.1 Å². The van der Waals surface area contributed by atoms with Gasteiger partial charge in [-0.05, 0) is 69.6 Å². The van der Waals surface area contributed by atoms with Gasteiger partial charge < -0.3 is 4.43 Å². The van der Waals surface area contributed by atoms with E-state index in [0.29, 0.717) is 0 Å². The zero-order chi connectivity index (χ0) is 21.5. The van der Waals surface area contributed by atoms with Gasteiger partial charge in [0.1, 0.15) is 5.75 Å². The highest BCUT2D eigenvalue weighted by molar-refractivity contribution is 6.49. The van der Waals surface area contributed by atoms with Crippen LogP contribution in [0.1, 0.15) is 52.7 Å². The third-order valence-corrected chi connectivity index (χ3v) is 4.70. The van der Waals surface area contributed by atoms with E-state index in [-0.39, 0.29) is 10.8 Å². The number of allylic oxidation sites excluding steroid dienone is 1. The summed E-state index contributed by atoms with van der Waals surface area (Å²) in [6, 6.07) is 6.56. The highest BCUT2D eigenvalue weighted by Gasteiger charge is 2.18. The predicted molar refractivity (Wildman–Crippen MR) is 126 cm³/mol. The second-order valence-electron chi connectivity index (χ2n) is 9.69. The third kappa shape index (κ3) is 8.95. The van der Waals surface area contributed by atoms with Gasteiger partial charge in [0.2, 0.25) is 0 Å². The standard InChI is InChI=1S/C25H38NOSi/c1-20(19-26(8)17-13-11-12-16-24(2,3)4)22-15-14-21(25(5,6)7)18-23(22)27-28(9)10/h11,13-15,18H,1,17,19H2,2-10H3. The van der Waals surface area contributed by atoms with E-state index in [1.807, 2.05) is 6.08 Å². The van der Waals surface area contributed by atoms with Crippen molar-refractivity contribution in [2.75, 3.05) is 20.1 Å². The minimum Gasteiger partial charge on any atom is -0.542 e. The van der Waals surface area contributed by atoms with Crippen molar-refractivity contribution in [3.05, 3.63) is 48.1 Å². The van der Waals surface area contributed by atoms with Crippen LogP contribution in [0.5, 0.6) is 5.75 Å². The first kappa shape index (κ1) is 24.3. The molecular formula is C25H38NOSi. The molecular weight excluding hydrogens is 358 g/mol. The lowest BCUT2D eigenvalue weighted by Crippen LogP contribution is -2.21. The smallest absolute Gasteiger partial charge is 0.274 e. The Bertz CT molecular complexity index is 751. The third-order valence-electron chi connectivity index (χ3n) is 4.07. The number of rotatable bonds is 7. The first-order chi connectivity index (χ1) is 12.8. The van der Waals surface area contributed by atoms with Gasteiger partial charge >= 0.3 is 0 Å². The molecule has 0 heterocycles. The minimum absolute atomic E-state index is 0.0407. The summed E-state index contributed by atoms with van der Waals surface area (Å²) in [7, 11) is 1.26. The van der Waals surface area contributed by atoms with Crippen LogP contribution >= 0.6 is 0 Å². The Morgan fingerprint density at radius 2 is 1.82 bits per heavy atom. The molecule has 0 atom stereocenters. The number of likely N-dealkylation sites (N-methyl/N-ethyl adjacent to an activating group) is 1. The van der Waals surface area contributed by atoms with Crippen molar-refractivity contribution in [3.8, 4) is 17.6 Å². The average Bonchev–Trinajstić information content (AvgIpc) is 2.51. The molecule has 0 aliphatic heterocycles. The van der Waals surface area contributed by atoms with Crippen LogP contribution in [-0.2, 0) is 5.41 Å². The van der Waals surface area contributed by atoms with Crippen LogP contribution in [-0.4, -0.2) is 34.1 Å². The zero-order valence-corrected chi connectivity index (χ0v) is 20.4. The summed E-state index contributed by atoms with van der Waals surface area (Å²) in [4.78, 5) is 2.24. The van der Waals surface area contributed by atoms with Crippen LogP contribution in [0.4, 0.5) is 0 Å². The Balaban J connectivity index is 2.87. The molecule has 0 aromatic heterocycles. The van der Waals surface area contributed by atoms with Crippen molar-refractivity contribution >= 4 is 14.6 Å². The maximum atomic E-state index is 6.22. The van der Waals surface area contributed by atoms with E-state index in [2.05, 4.69) is 109 Å². The van der Waals surface area contributed by atoms with E-state index in [1.165, 1.54) is 5.56 Å². The molecule has 0 fully saturated rings. The summed E-state index contributed by atoms with van der Waals surface area (Å²) in [6.07, 6.45) is 4.05. The molecule has 0 bridgehead atoms. The van der Waals surface area contributed by atoms with Gasteiger partial charge in [-0.1, -0.05) is 57.4 Å². The summed E-state index contributed by atoms with van der Waals surface area (Å²) in [5, 5.41) is 0. The molecule has 28 heavy (non-hydrogen) atoms. The Hall–Kier alpha value is -1.76. The second-order valence-corrected chi connectivity index (χ2v) is 11.7. The zero-order valence-electron chi connectivity index (χ0n) is 19.4. The topological polar surface area (TPSA) is 12.5 Å². The Labute approximate surface area is 175 Å². The van der Waals surface area contributed by atoms with Crippen LogP contribution in [0.25, 0.3) is 5.57 Å². The van der Waals surface area contributed by atoms with E-state index in [4.69, 9.17) is 4.43 Å². The van der Waals surface area contributed by atoms with Crippen LogP contribution in [0, 0.1) is 17.3 Å². The summed E-state index contributed by atoms with van der Waals surface area (Å²) in [6.45, 7) is 23.3. The molecule has 0 unspecified atom stereocenters. The number of benzene rings is 1. The monoisotopic (exact) mass is 396 g/mol. The van der Waals surface area contributed by atoms with Crippen molar-refractivity contribution < 1.29 is 4.43 Å². The Kier molecular flexibility index (Phi) is 8.79. The highest BCUT2D eigenvalue weighted by atomic mass is 28.3. The summed E-state index contributed by atoms with van der Waals surface area (Å²) in [5.41, 5.74) is 3.62. The molecule has 0 amide bonds. The fourth-order valence-corrected chi connectivity index (χ4v) is 3.22. The lowest BCUT2D eigenvalue weighted by Gasteiger charge is -2.24. The summed E-state index contributed by atoms with van der Waals surface area (Å²) >= 11 is 0. The van der Waals surface area contributed by atoms with Crippen molar-refractivity contribution in [3.63, 3.8) is 0 Å². The SMILES string of the molecule is C=C(CN(C)CC=CC#CC(C)(C)C)c1ccc(C(C)(C)C)cc1O[Si](C)C. The predicted octanol–water partition coefficient (Wildman–Crippen LogP) is 6.16. The fourth-order valence-electron chi connectivity index (χ4n) is 2.61. The molecule has 2 nitrogen and oxygen atoms in total.